The summed E-state index contributed by atoms with van der Waals surface area (Å²) in [5.41, 5.74) is 1.13. The van der Waals surface area contributed by atoms with Gasteiger partial charge in [-0.25, -0.2) is 4.98 Å². The Kier molecular flexibility index (Phi) is 4.91. The highest BCUT2D eigenvalue weighted by atomic mass is 32.2. The first kappa shape index (κ1) is 18.3. The zero-order valence-corrected chi connectivity index (χ0v) is 16.1. The average molecular weight is 397 g/mol. The van der Waals surface area contributed by atoms with Crippen molar-refractivity contribution >= 4 is 40.0 Å². The van der Waals surface area contributed by atoms with Crippen LogP contribution in [0.1, 0.15) is 5.69 Å². The summed E-state index contributed by atoms with van der Waals surface area (Å²) in [7, 11) is 1.66. The monoisotopic (exact) mass is 397 g/mol. The van der Waals surface area contributed by atoms with Crippen LogP contribution in [0.15, 0.2) is 46.6 Å². The van der Waals surface area contributed by atoms with Gasteiger partial charge in [-0.1, -0.05) is 17.8 Å². The number of nitrogens with zero attached hydrogens (tertiary/aromatic N) is 3. The molecule has 2 aromatic heterocycles. The zero-order valence-electron chi connectivity index (χ0n) is 15.3. The molecular formula is C19H19N5O3S. The molecule has 8 nitrogen and oxygen atoms in total. The van der Waals surface area contributed by atoms with Gasteiger partial charge in [-0.05, 0) is 23.6 Å². The molecule has 0 saturated heterocycles. The minimum atomic E-state index is -0.769. The molecule has 2 amide bonds. The van der Waals surface area contributed by atoms with Gasteiger partial charge in [0.2, 0.25) is 0 Å². The number of hydrogen-bond acceptors (Lipinski definition) is 5. The second-order valence-corrected chi connectivity index (χ2v) is 7.61. The van der Waals surface area contributed by atoms with Crippen molar-refractivity contribution in [2.75, 3.05) is 17.6 Å². The van der Waals surface area contributed by atoms with Crippen LogP contribution in [0.25, 0.3) is 10.8 Å². The molecule has 0 radical (unpaired) electrons. The molecular weight excluding hydrogens is 378 g/mol. The first-order valence-electron chi connectivity index (χ1n) is 8.89. The minimum absolute atomic E-state index is 0.164. The molecule has 3 heterocycles. The maximum absolute atomic E-state index is 12.2. The third-order valence-electron chi connectivity index (χ3n) is 4.57. The number of pyridine rings is 1. The molecule has 0 saturated carbocycles. The Morgan fingerprint density at radius 1 is 1.25 bits per heavy atom. The van der Waals surface area contributed by atoms with E-state index in [2.05, 4.69) is 20.2 Å². The van der Waals surface area contributed by atoms with E-state index in [4.69, 9.17) is 0 Å². The summed E-state index contributed by atoms with van der Waals surface area (Å²) < 4.78 is 3.56. The Balaban J connectivity index is 1.35. The number of aryl methyl sites for hydroxylation is 2. The molecule has 9 heteroatoms. The summed E-state index contributed by atoms with van der Waals surface area (Å²) in [6.45, 7) is 1.28. The van der Waals surface area contributed by atoms with Crippen LogP contribution in [0.4, 0.5) is 5.69 Å². The molecule has 0 fully saturated rings. The van der Waals surface area contributed by atoms with E-state index >= 15 is 0 Å². The number of hydrogen-bond donors (Lipinski definition) is 2. The van der Waals surface area contributed by atoms with Crippen LogP contribution >= 0.6 is 11.8 Å². The summed E-state index contributed by atoms with van der Waals surface area (Å²) in [6, 6.07) is 6.80. The smallest absolute Gasteiger partial charge is 0.313 e. The lowest BCUT2D eigenvalue weighted by Crippen LogP contribution is -2.36. The normalized spacial score (nSPS) is 12.8. The van der Waals surface area contributed by atoms with Gasteiger partial charge in [0, 0.05) is 55.8 Å². The van der Waals surface area contributed by atoms with Crippen molar-refractivity contribution in [1.82, 2.24) is 19.4 Å². The third kappa shape index (κ3) is 3.65. The van der Waals surface area contributed by atoms with E-state index in [1.807, 2.05) is 12.3 Å². The number of anilines is 1. The van der Waals surface area contributed by atoms with Gasteiger partial charge in [-0.2, -0.15) is 0 Å². The van der Waals surface area contributed by atoms with E-state index in [0.717, 1.165) is 28.5 Å². The van der Waals surface area contributed by atoms with Crippen LogP contribution in [0.2, 0.25) is 0 Å². The van der Waals surface area contributed by atoms with Gasteiger partial charge in [0.25, 0.3) is 5.56 Å². The van der Waals surface area contributed by atoms with Crippen molar-refractivity contribution in [1.29, 1.82) is 0 Å². The van der Waals surface area contributed by atoms with Crippen molar-refractivity contribution in [2.45, 2.75) is 18.1 Å². The average Bonchev–Trinajstić information content (AvgIpc) is 3.27. The highest BCUT2D eigenvalue weighted by molar-refractivity contribution is 7.99. The number of imidazole rings is 1. The summed E-state index contributed by atoms with van der Waals surface area (Å²) >= 11 is 1.71. The van der Waals surface area contributed by atoms with Crippen LogP contribution in [0.5, 0.6) is 0 Å². The highest BCUT2D eigenvalue weighted by Crippen LogP contribution is 2.24. The second kappa shape index (κ2) is 7.51. The number of carbonyl (C=O) groups is 2. The predicted molar refractivity (Wildman–Crippen MR) is 107 cm³/mol. The molecule has 0 spiro atoms. The minimum Gasteiger partial charge on any atom is -0.347 e. The Morgan fingerprint density at radius 2 is 2.11 bits per heavy atom. The van der Waals surface area contributed by atoms with E-state index in [9.17, 15) is 14.4 Å². The van der Waals surface area contributed by atoms with E-state index in [1.165, 1.54) is 4.57 Å². The molecule has 1 aliphatic rings. The summed E-state index contributed by atoms with van der Waals surface area (Å²) in [5, 5.41) is 7.39. The number of fused-ring (bicyclic) bond motifs is 2. The standard InChI is InChI=1S/C19H19N5O3S/c1-23-7-5-12-2-3-13(10-15(12)18(23)27)21-17(26)16(25)20-6-4-14-11-24-8-9-28-19(24)22-14/h2-3,5,7,10-11H,4,6,8-9H2,1H3,(H,20,25)(H,21,26). The van der Waals surface area contributed by atoms with E-state index in [0.29, 0.717) is 24.0 Å². The summed E-state index contributed by atoms with van der Waals surface area (Å²) in [5.74, 6) is -0.447. The quantitative estimate of drug-likeness (QED) is 0.644. The van der Waals surface area contributed by atoms with E-state index < -0.39 is 11.8 Å². The van der Waals surface area contributed by atoms with Gasteiger partial charge in [-0.15, -0.1) is 0 Å². The number of rotatable bonds is 4. The van der Waals surface area contributed by atoms with E-state index in [1.54, 1.807) is 43.2 Å². The topological polar surface area (TPSA) is 98.0 Å². The molecule has 4 rings (SSSR count). The van der Waals surface area contributed by atoms with Gasteiger partial charge in [0.15, 0.2) is 5.16 Å². The Labute approximate surface area is 164 Å². The predicted octanol–water partition coefficient (Wildman–Crippen LogP) is 1.14. The van der Waals surface area contributed by atoms with Crippen LogP contribution in [0, 0.1) is 0 Å². The SMILES string of the molecule is Cn1ccc2ccc(NC(=O)C(=O)NCCc3cn4c(n3)SCC4)cc2c1=O. The van der Waals surface area contributed by atoms with Crippen LogP contribution in [0.3, 0.4) is 0 Å². The van der Waals surface area contributed by atoms with Crippen LogP contribution in [-0.4, -0.2) is 38.2 Å². The third-order valence-corrected chi connectivity index (χ3v) is 5.54. The van der Waals surface area contributed by atoms with Gasteiger partial charge >= 0.3 is 11.8 Å². The van der Waals surface area contributed by atoms with Crippen LogP contribution in [-0.2, 0) is 29.6 Å². The first-order valence-corrected chi connectivity index (χ1v) is 9.87. The fourth-order valence-electron chi connectivity index (χ4n) is 3.07. The lowest BCUT2D eigenvalue weighted by Gasteiger charge is -2.07. The van der Waals surface area contributed by atoms with Gasteiger partial charge in [0.05, 0.1) is 5.69 Å². The molecule has 144 valence electrons. The van der Waals surface area contributed by atoms with Crippen molar-refractivity contribution in [3.63, 3.8) is 0 Å². The summed E-state index contributed by atoms with van der Waals surface area (Å²) in [4.78, 5) is 40.8. The maximum atomic E-state index is 12.2. The number of amides is 2. The first-order chi connectivity index (χ1) is 13.5. The molecule has 28 heavy (non-hydrogen) atoms. The zero-order chi connectivity index (χ0) is 19.7. The summed E-state index contributed by atoms with van der Waals surface area (Å²) in [6.07, 6.45) is 4.23. The number of carbonyl (C=O) groups excluding carboxylic acids is 2. The van der Waals surface area contributed by atoms with Crippen molar-refractivity contribution in [2.24, 2.45) is 7.05 Å². The Hall–Kier alpha value is -3.07. The van der Waals surface area contributed by atoms with Crippen molar-refractivity contribution in [3.8, 4) is 0 Å². The number of thioether (sulfide) groups is 1. The van der Waals surface area contributed by atoms with E-state index in [-0.39, 0.29) is 5.56 Å². The van der Waals surface area contributed by atoms with Crippen LogP contribution < -0.4 is 16.2 Å². The highest BCUT2D eigenvalue weighted by Gasteiger charge is 2.16. The second-order valence-electron chi connectivity index (χ2n) is 6.55. The lowest BCUT2D eigenvalue weighted by atomic mass is 10.1. The molecule has 0 aliphatic carbocycles. The van der Waals surface area contributed by atoms with Crippen molar-refractivity contribution in [3.05, 3.63) is 52.7 Å². The van der Waals surface area contributed by atoms with Gasteiger partial charge in [0.1, 0.15) is 0 Å². The fraction of sp³-hybridized carbons (Fsp3) is 0.263. The molecule has 1 aromatic carbocycles. The Bertz CT molecular complexity index is 1110. The van der Waals surface area contributed by atoms with Crippen molar-refractivity contribution < 1.29 is 9.59 Å². The molecule has 0 bridgehead atoms. The Morgan fingerprint density at radius 3 is 2.93 bits per heavy atom. The van der Waals surface area contributed by atoms with Gasteiger partial charge in [-0.3, -0.25) is 14.4 Å². The molecule has 0 unspecified atom stereocenters. The molecule has 3 aromatic rings. The maximum Gasteiger partial charge on any atom is 0.313 e. The van der Waals surface area contributed by atoms with Gasteiger partial charge < -0.3 is 19.8 Å². The molecule has 0 atom stereocenters. The largest absolute Gasteiger partial charge is 0.347 e. The lowest BCUT2D eigenvalue weighted by molar-refractivity contribution is -0.136. The molecule has 2 N–H and O–H groups in total. The fourth-order valence-corrected chi connectivity index (χ4v) is 4.03. The number of nitrogens with one attached hydrogen (secondary N) is 2. The number of aromatic nitrogens is 3. The molecule has 1 aliphatic heterocycles. The number of benzene rings is 1.